The number of pyridine rings is 1. The number of ether oxygens (including phenoxy) is 1. The van der Waals surface area contributed by atoms with Gasteiger partial charge in [-0.15, -0.1) is 0 Å². The molecule has 0 saturated heterocycles. The normalized spacial score (nSPS) is 15.2. The second-order valence-corrected chi connectivity index (χ2v) is 7.68. The molecule has 0 spiro atoms. The topological polar surface area (TPSA) is 83.8 Å². The van der Waals surface area contributed by atoms with Gasteiger partial charge < -0.3 is 10.5 Å². The first kappa shape index (κ1) is 18.4. The molecule has 2 N–H and O–H groups in total. The minimum Gasteiger partial charge on any atom is -0.482 e. The highest BCUT2D eigenvalue weighted by atomic mass is 16.5. The molecule has 0 radical (unpaired) electrons. The molecule has 1 aliphatic rings. The zero-order valence-corrected chi connectivity index (χ0v) is 17.3. The molecule has 3 aromatic heterocycles. The van der Waals surface area contributed by atoms with Crippen LogP contribution in [0.3, 0.4) is 0 Å². The Morgan fingerprint density at radius 2 is 2.03 bits per heavy atom. The lowest BCUT2D eigenvalue weighted by molar-refractivity contribution is 0.227. The number of hydrogen-bond donors (Lipinski definition) is 1. The molecule has 152 valence electrons. The molecule has 1 aromatic carbocycles. The third kappa shape index (κ3) is 2.94. The predicted molar refractivity (Wildman–Crippen MR) is 116 cm³/mol. The fraction of sp³-hybridized carbons (Fsp3) is 0.261. The number of hydrogen-bond acceptors (Lipinski definition) is 5. The van der Waals surface area contributed by atoms with Gasteiger partial charge in [-0.2, -0.15) is 10.2 Å². The molecule has 0 saturated carbocycles. The zero-order chi connectivity index (χ0) is 20.8. The maximum atomic E-state index is 6.34. The van der Waals surface area contributed by atoms with E-state index < -0.39 is 0 Å². The fourth-order valence-corrected chi connectivity index (χ4v) is 4.13. The number of rotatable bonds is 1. The third-order valence-corrected chi connectivity index (χ3v) is 5.62. The zero-order valence-electron chi connectivity index (χ0n) is 17.3. The highest BCUT2D eigenvalue weighted by Crippen LogP contribution is 2.35. The van der Waals surface area contributed by atoms with E-state index in [0.29, 0.717) is 18.0 Å². The Morgan fingerprint density at radius 3 is 2.87 bits per heavy atom. The van der Waals surface area contributed by atoms with Crippen LogP contribution < -0.4 is 10.5 Å². The largest absolute Gasteiger partial charge is 0.482 e. The molecule has 4 aromatic rings. The molecular formula is C23H24N6O. The predicted octanol–water partition coefficient (Wildman–Crippen LogP) is 4.09. The summed E-state index contributed by atoms with van der Waals surface area (Å²) in [7, 11) is 0. The van der Waals surface area contributed by atoms with E-state index in [1.165, 1.54) is 0 Å². The monoisotopic (exact) mass is 400 g/mol. The van der Waals surface area contributed by atoms with E-state index in [4.69, 9.17) is 10.5 Å². The SMILES string of the molecule is CCn1ncc2c1-c1cnc(N)c(c1)O[C@@H](C)c1cc(C)ccc1-n1nccc1C2. The van der Waals surface area contributed by atoms with E-state index in [0.717, 1.165) is 45.9 Å². The highest BCUT2D eigenvalue weighted by molar-refractivity contribution is 5.68. The molecule has 0 unspecified atom stereocenters. The van der Waals surface area contributed by atoms with E-state index in [9.17, 15) is 0 Å². The van der Waals surface area contributed by atoms with Gasteiger partial charge in [0.25, 0.3) is 0 Å². The summed E-state index contributed by atoms with van der Waals surface area (Å²) in [5, 5.41) is 9.23. The van der Waals surface area contributed by atoms with Crippen LogP contribution >= 0.6 is 0 Å². The summed E-state index contributed by atoms with van der Waals surface area (Å²) in [5.74, 6) is 0.948. The van der Waals surface area contributed by atoms with Crippen molar-refractivity contribution in [1.82, 2.24) is 24.5 Å². The van der Waals surface area contributed by atoms with Crippen molar-refractivity contribution < 1.29 is 4.74 Å². The Morgan fingerprint density at radius 1 is 1.17 bits per heavy atom. The van der Waals surface area contributed by atoms with Crippen LogP contribution in [0.2, 0.25) is 0 Å². The quantitative estimate of drug-likeness (QED) is 0.520. The van der Waals surface area contributed by atoms with Crippen LogP contribution in [0.1, 0.15) is 42.3 Å². The Bertz CT molecular complexity index is 1240. The van der Waals surface area contributed by atoms with Gasteiger partial charge in [-0.25, -0.2) is 9.67 Å². The second-order valence-electron chi connectivity index (χ2n) is 7.68. The van der Waals surface area contributed by atoms with Crippen LogP contribution in [0, 0.1) is 6.92 Å². The van der Waals surface area contributed by atoms with Crippen molar-refractivity contribution in [3.63, 3.8) is 0 Å². The summed E-state index contributed by atoms with van der Waals surface area (Å²) in [6, 6.07) is 10.4. The van der Waals surface area contributed by atoms with Crippen molar-refractivity contribution in [2.45, 2.75) is 39.8 Å². The first-order valence-electron chi connectivity index (χ1n) is 10.2. The fourth-order valence-electron chi connectivity index (χ4n) is 4.13. The van der Waals surface area contributed by atoms with Crippen LogP contribution in [0.15, 0.2) is 48.9 Å². The van der Waals surface area contributed by atoms with E-state index in [1.807, 2.05) is 34.7 Å². The van der Waals surface area contributed by atoms with E-state index in [1.54, 1.807) is 6.20 Å². The van der Waals surface area contributed by atoms with Crippen molar-refractivity contribution in [1.29, 1.82) is 0 Å². The van der Waals surface area contributed by atoms with Crippen molar-refractivity contribution in [2.24, 2.45) is 0 Å². The van der Waals surface area contributed by atoms with Gasteiger partial charge in [-0.1, -0.05) is 17.7 Å². The van der Waals surface area contributed by atoms with Crippen molar-refractivity contribution in [3.8, 4) is 22.7 Å². The number of aromatic nitrogens is 5. The third-order valence-electron chi connectivity index (χ3n) is 5.62. The molecule has 0 amide bonds. The molecule has 7 nitrogen and oxygen atoms in total. The lowest BCUT2D eigenvalue weighted by Crippen LogP contribution is -2.13. The minimum atomic E-state index is -0.230. The van der Waals surface area contributed by atoms with Gasteiger partial charge in [-0.3, -0.25) is 4.68 Å². The van der Waals surface area contributed by atoms with Crippen LogP contribution in [0.5, 0.6) is 5.75 Å². The van der Waals surface area contributed by atoms with Crippen LogP contribution in [-0.2, 0) is 13.0 Å². The lowest BCUT2D eigenvalue weighted by Gasteiger charge is -2.22. The maximum Gasteiger partial charge on any atom is 0.166 e. The standard InChI is InChI=1S/C23H24N6O/c1-4-28-22-16(13-27-28)10-18-7-8-26-29(18)20-6-5-14(2)9-19(20)15(3)30-21-11-17(22)12-25-23(21)24/h5-9,11-13,15H,4,10H2,1-3H3,(H2,24,25)/t15-/m0/s1. The Balaban J connectivity index is 1.79. The lowest BCUT2D eigenvalue weighted by atomic mass is 10.0. The van der Waals surface area contributed by atoms with E-state index in [-0.39, 0.29) is 6.10 Å². The second kappa shape index (κ2) is 7.02. The van der Waals surface area contributed by atoms with Gasteiger partial charge in [0.2, 0.25) is 0 Å². The summed E-state index contributed by atoms with van der Waals surface area (Å²) in [6.45, 7) is 6.94. The summed E-state index contributed by atoms with van der Waals surface area (Å²) < 4.78 is 10.3. The van der Waals surface area contributed by atoms with Gasteiger partial charge in [0.15, 0.2) is 11.6 Å². The van der Waals surface area contributed by atoms with Crippen LogP contribution in [0.25, 0.3) is 16.9 Å². The first-order valence-corrected chi connectivity index (χ1v) is 10.2. The Hall–Kier alpha value is -3.61. The molecule has 1 aliphatic heterocycles. The van der Waals surface area contributed by atoms with Gasteiger partial charge >= 0.3 is 0 Å². The number of nitrogen functional groups attached to an aromatic ring is 1. The molecule has 7 heteroatoms. The van der Waals surface area contributed by atoms with Gasteiger partial charge in [-0.05, 0) is 39.0 Å². The van der Waals surface area contributed by atoms with Gasteiger partial charge in [0.1, 0.15) is 6.10 Å². The summed E-state index contributed by atoms with van der Waals surface area (Å²) in [4.78, 5) is 4.42. The average Bonchev–Trinajstić information content (AvgIpc) is 3.36. The Kier molecular flexibility index (Phi) is 4.31. The Labute approximate surface area is 175 Å². The molecule has 5 rings (SSSR count). The molecule has 30 heavy (non-hydrogen) atoms. The van der Waals surface area contributed by atoms with E-state index in [2.05, 4.69) is 53.3 Å². The maximum absolute atomic E-state index is 6.34. The highest BCUT2D eigenvalue weighted by Gasteiger charge is 2.22. The number of nitrogens with zero attached hydrogens (tertiary/aromatic N) is 5. The van der Waals surface area contributed by atoms with Gasteiger partial charge in [0.05, 0.1) is 17.6 Å². The molecule has 0 fully saturated rings. The molecular weight excluding hydrogens is 376 g/mol. The molecule has 0 aliphatic carbocycles. The first-order chi connectivity index (χ1) is 14.5. The number of benzene rings is 1. The summed E-state index contributed by atoms with van der Waals surface area (Å²) in [6.07, 6.45) is 6.04. The number of anilines is 1. The molecule has 1 atom stereocenters. The number of aryl methyl sites for hydroxylation is 2. The van der Waals surface area contributed by atoms with Crippen LogP contribution in [0.4, 0.5) is 5.82 Å². The molecule has 2 bridgehead atoms. The van der Waals surface area contributed by atoms with E-state index >= 15 is 0 Å². The van der Waals surface area contributed by atoms with Crippen molar-refractivity contribution in [3.05, 3.63) is 71.3 Å². The smallest absolute Gasteiger partial charge is 0.166 e. The van der Waals surface area contributed by atoms with Crippen molar-refractivity contribution >= 4 is 5.82 Å². The average molecular weight is 400 g/mol. The van der Waals surface area contributed by atoms with Crippen molar-refractivity contribution in [2.75, 3.05) is 5.73 Å². The summed E-state index contributed by atoms with van der Waals surface area (Å²) >= 11 is 0. The van der Waals surface area contributed by atoms with Gasteiger partial charge in [0, 0.05) is 47.7 Å². The summed E-state index contributed by atoms with van der Waals surface area (Å²) in [5.41, 5.74) is 13.6. The molecule has 4 heterocycles. The number of fused-ring (bicyclic) bond motifs is 7. The van der Waals surface area contributed by atoms with Crippen LogP contribution in [-0.4, -0.2) is 24.5 Å². The minimum absolute atomic E-state index is 0.230. The number of nitrogens with two attached hydrogens (primary N) is 1.